The molecular weight excluding hydrogens is 250 g/mol. The van der Waals surface area contributed by atoms with E-state index in [1.54, 1.807) is 14.2 Å². The molecule has 1 N–H and O–H groups in total. The molecule has 0 bridgehead atoms. The van der Waals surface area contributed by atoms with Gasteiger partial charge >= 0.3 is 0 Å². The fourth-order valence-electron chi connectivity index (χ4n) is 2.78. The van der Waals surface area contributed by atoms with E-state index in [0.29, 0.717) is 12.1 Å². The van der Waals surface area contributed by atoms with Crippen molar-refractivity contribution in [2.45, 2.75) is 51.6 Å². The average Bonchev–Trinajstić information content (AvgIpc) is 3.27. The van der Waals surface area contributed by atoms with Crippen LogP contribution in [0.4, 0.5) is 0 Å². The van der Waals surface area contributed by atoms with E-state index in [4.69, 9.17) is 9.47 Å². The highest BCUT2D eigenvalue weighted by Crippen LogP contribution is 2.35. The lowest BCUT2D eigenvalue weighted by molar-refractivity contribution is 0.352. The van der Waals surface area contributed by atoms with Gasteiger partial charge in [-0.2, -0.15) is 0 Å². The molecule has 3 nitrogen and oxygen atoms in total. The number of nitrogens with one attached hydrogen (secondary N) is 1. The molecule has 1 aromatic carbocycles. The summed E-state index contributed by atoms with van der Waals surface area (Å²) >= 11 is 0. The molecule has 0 aromatic heterocycles. The first kappa shape index (κ1) is 15.2. The van der Waals surface area contributed by atoms with Crippen molar-refractivity contribution in [2.75, 3.05) is 14.2 Å². The molecular formula is C17H27NO2. The summed E-state index contributed by atoms with van der Waals surface area (Å²) in [7, 11) is 3.36. The van der Waals surface area contributed by atoms with Gasteiger partial charge < -0.3 is 14.8 Å². The summed E-state index contributed by atoms with van der Waals surface area (Å²) in [6.07, 6.45) is 5.20. The third kappa shape index (κ3) is 3.89. The summed E-state index contributed by atoms with van der Waals surface area (Å²) in [5.74, 6) is 2.55. The molecule has 3 heteroatoms. The first-order valence-corrected chi connectivity index (χ1v) is 7.65. The van der Waals surface area contributed by atoms with Crippen molar-refractivity contribution < 1.29 is 9.47 Å². The molecule has 1 aliphatic carbocycles. The van der Waals surface area contributed by atoms with Crippen molar-refractivity contribution in [1.82, 2.24) is 5.32 Å². The molecule has 0 amide bonds. The minimum Gasteiger partial charge on any atom is -0.493 e. The third-order valence-electron chi connectivity index (χ3n) is 4.09. The van der Waals surface area contributed by atoms with Gasteiger partial charge in [-0.3, -0.25) is 0 Å². The zero-order valence-corrected chi connectivity index (χ0v) is 13.1. The van der Waals surface area contributed by atoms with Crippen LogP contribution in [0.3, 0.4) is 0 Å². The lowest BCUT2D eigenvalue weighted by Crippen LogP contribution is -2.30. The smallest absolute Gasteiger partial charge is 0.161 e. The van der Waals surface area contributed by atoms with Crippen LogP contribution in [0.2, 0.25) is 0 Å². The number of ether oxygens (including phenoxy) is 2. The molecule has 0 heterocycles. The Balaban J connectivity index is 2.05. The van der Waals surface area contributed by atoms with Gasteiger partial charge in [0.15, 0.2) is 11.5 Å². The molecule has 0 spiro atoms. The minimum absolute atomic E-state index is 0.378. The van der Waals surface area contributed by atoms with Crippen LogP contribution in [0, 0.1) is 5.92 Å². The number of hydrogen-bond donors (Lipinski definition) is 1. The first-order valence-electron chi connectivity index (χ1n) is 7.65. The zero-order chi connectivity index (χ0) is 14.5. The molecule has 0 saturated heterocycles. The van der Waals surface area contributed by atoms with Crippen molar-refractivity contribution in [3.05, 3.63) is 23.8 Å². The summed E-state index contributed by atoms with van der Waals surface area (Å²) in [5, 5.41) is 3.75. The van der Waals surface area contributed by atoms with Crippen LogP contribution in [0.1, 0.15) is 51.1 Å². The summed E-state index contributed by atoms with van der Waals surface area (Å²) in [4.78, 5) is 0. The molecule has 20 heavy (non-hydrogen) atoms. The zero-order valence-electron chi connectivity index (χ0n) is 13.1. The van der Waals surface area contributed by atoms with Crippen LogP contribution in [0.5, 0.6) is 11.5 Å². The van der Waals surface area contributed by atoms with E-state index in [9.17, 15) is 0 Å². The fraction of sp³-hybridized carbons (Fsp3) is 0.647. The maximum absolute atomic E-state index is 5.40. The van der Waals surface area contributed by atoms with Crippen molar-refractivity contribution in [3.63, 3.8) is 0 Å². The van der Waals surface area contributed by atoms with Crippen LogP contribution < -0.4 is 14.8 Å². The SMILES string of the molecule is CCC(NC(C)CC1CC1)c1ccc(OC)c(OC)c1. The Kier molecular flexibility index (Phi) is 5.30. The highest BCUT2D eigenvalue weighted by atomic mass is 16.5. The van der Waals surface area contributed by atoms with Gasteiger partial charge in [0.1, 0.15) is 0 Å². The summed E-state index contributed by atoms with van der Waals surface area (Å²) < 4.78 is 10.7. The van der Waals surface area contributed by atoms with Crippen LogP contribution >= 0.6 is 0 Å². The van der Waals surface area contributed by atoms with E-state index in [-0.39, 0.29) is 0 Å². The third-order valence-corrected chi connectivity index (χ3v) is 4.09. The normalized spacial score (nSPS) is 17.6. The van der Waals surface area contributed by atoms with E-state index in [2.05, 4.69) is 31.3 Å². The Morgan fingerprint density at radius 3 is 2.45 bits per heavy atom. The van der Waals surface area contributed by atoms with Gasteiger partial charge in [0.2, 0.25) is 0 Å². The summed E-state index contributed by atoms with van der Waals surface area (Å²) in [5.41, 5.74) is 1.27. The van der Waals surface area contributed by atoms with Crippen LogP contribution in [-0.4, -0.2) is 20.3 Å². The first-order chi connectivity index (χ1) is 9.67. The highest BCUT2D eigenvalue weighted by Gasteiger charge is 2.24. The predicted octanol–water partition coefficient (Wildman–Crippen LogP) is 3.93. The molecule has 1 aromatic rings. The predicted molar refractivity (Wildman–Crippen MR) is 82.5 cm³/mol. The van der Waals surface area contributed by atoms with Crippen molar-refractivity contribution >= 4 is 0 Å². The maximum atomic E-state index is 5.40. The number of hydrogen-bond acceptors (Lipinski definition) is 3. The van der Waals surface area contributed by atoms with Gasteiger partial charge in [0.05, 0.1) is 14.2 Å². The van der Waals surface area contributed by atoms with Crippen LogP contribution in [0.15, 0.2) is 18.2 Å². The standard InChI is InChI=1S/C17H27NO2/c1-5-15(18-12(2)10-13-6-7-13)14-8-9-16(19-3)17(11-14)20-4/h8-9,11-13,15,18H,5-7,10H2,1-4H3. The van der Waals surface area contributed by atoms with Gasteiger partial charge in [-0.25, -0.2) is 0 Å². The fourth-order valence-corrected chi connectivity index (χ4v) is 2.78. The monoisotopic (exact) mass is 277 g/mol. The molecule has 2 unspecified atom stereocenters. The lowest BCUT2D eigenvalue weighted by atomic mass is 10.0. The Morgan fingerprint density at radius 2 is 1.90 bits per heavy atom. The second kappa shape index (κ2) is 6.98. The van der Waals surface area contributed by atoms with E-state index >= 15 is 0 Å². The minimum atomic E-state index is 0.378. The topological polar surface area (TPSA) is 30.5 Å². The van der Waals surface area contributed by atoms with E-state index in [0.717, 1.165) is 23.8 Å². The van der Waals surface area contributed by atoms with Crippen molar-refractivity contribution in [3.8, 4) is 11.5 Å². The lowest BCUT2D eigenvalue weighted by Gasteiger charge is -2.23. The Morgan fingerprint density at radius 1 is 1.20 bits per heavy atom. The van der Waals surface area contributed by atoms with Gasteiger partial charge in [0.25, 0.3) is 0 Å². The van der Waals surface area contributed by atoms with Crippen LogP contribution in [-0.2, 0) is 0 Å². The second-order valence-electron chi connectivity index (χ2n) is 5.82. The number of rotatable bonds is 8. The molecule has 112 valence electrons. The van der Waals surface area contributed by atoms with Gasteiger partial charge in [-0.05, 0) is 43.4 Å². The highest BCUT2D eigenvalue weighted by molar-refractivity contribution is 5.43. The summed E-state index contributed by atoms with van der Waals surface area (Å²) in [6, 6.07) is 7.16. The second-order valence-corrected chi connectivity index (χ2v) is 5.82. The van der Waals surface area contributed by atoms with Gasteiger partial charge in [-0.15, -0.1) is 0 Å². The Labute approximate surface area is 122 Å². The Bertz CT molecular complexity index is 429. The Hall–Kier alpha value is -1.22. The van der Waals surface area contributed by atoms with Gasteiger partial charge in [0, 0.05) is 12.1 Å². The molecule has 2 rings (SSSR count). The van der Waals surface area contributed by atoms with E-state index in [1.807, 2.05) is 6.07 Å². The molecule has 1 aliphatic rings. The average molecular weight is 277 g/mol. The molecule has 0 radical (unpaired) electrons. The quantitative estimate of drug-likeness (QED) is 0.781. The van der Waals surface area contributed by atoms with Gasteiger partial charge in [-0.1, -0.05) is 25.8 Å². The number of methoxy groups -OCH3 is 2. The van der Waals surface area contributed by atoms with E-state index < -0.39 is 0 Å². The maximum Gasteiger partial charge on any atom is 0.161 e. The molecule has 1 saturated carbocycles. The molecule has 1 fully saturated rings. The molecule has 2 atom stereocenters. The number of benzene rings is 1. The largest absolute Gasteiger partial charge is 0.493 e. The van der Waals surface area contributed by atoms with Crippen molar-refractivity contribution in [2.24, 2.45) is 5.92 Å². The van der Waals surface area contributed by atoms with Crippen LogP contribution in [0.25, 0.3) is 0 Å². The summed E-state index contributed by atoms with van der Waals surface area (Å²) in [6.45, 7) is 4.51. The van der Waals surface area contributed by atoms with E-state index in [1.165, 1.54) is 24.8 Å². The molecule has 0 aliphatic heterocycles. The van der Waals surface area contributed by atoms with Crippen molar-refractivity contribution in [1.29, 1.82) is 0 Å².